The molecule has 1 N–H and O–H groups in total. The van der Waals surface area contributed by atoms with Crippen LogP contribution in [0.4, 0.5) is 5.00 Å². The Kier molecular flexibility index (Phi) is 7.99. The first-order valence-corrected chi connectivity index (χ1v) is 11.9. The molecular formula is C24H31N3O4S. The van der Waals surface area contributed by atoms with Crippen LogP contribution < -0.4 is 19.5 Å². The number of nitriles is 1. The zero-order valence-corrected chi connectivity index (χ0v) is 20.2. The molecule has 0 fully saturated rings. The largest absolute Gasteiger partial charge is 0.490 e. The molecule has 0 aliphatic carbocycles. The minimum absolute atomic E-state index is 0.314. The van der Waals surface area contributed by atoms with E-state index in [0.717, 1.165) is 30.0 Å². The highest BCUT2D eigenvalue weighted by molar-refractivity contribution is 7.16. The molecule has 172 valence electrons. The molecule has 0 atom stereocenters. The summed E-state index contributed by atoms with van der Waals surface area (Å²) in [7, 11) is 0. The molecule has 32 heavy (non-hydrogen) atoms. The standard InChI is InChI=1S/C24H31N3O4S/c1-6-29-19-11-16(12-20(30-7-2)22(19)31-8-3)23(28)26-24-18(13-25)17-9-10-27(15(4)5)14-21(17)32-24/h11-12,15H,6-10,14H2,1-5H3,(H,26,28). The van der Waals surface area contributed by atoms with Crippen molar-refractivity contribution in [2.75, 3.05) is 31.7 Å². The van der Waals surface area contributed by atoms with Gasteiger partial charge in [-0.05, 0) is 58.7 Å². The monoisotopic (exact) mass is 457 g/mol. The number of fused-ring (bicyclic) bond motifs is 1. The quantitative estimate of drug-likeness (QED) is 0.580. The fourth-order valence-electron chi connectivity index (χ4n) is 3.77. The molecule has 0 spiro atoms. The average molecular weight is 458 g/mol. The zero-order chi connectivity index (χ0) is 23.3. The molecule has 2 aromatic rings. The maximum Gasteiger partial charge on any atom is 0.256 e. The van der Waals surface area contributed by atoms with E-state index in [9.17, 15) is 10.1 Å². The summed E-state index contributed by atoms with van der Waals surface area (Å²) in [5.74, 6) is 1.10. The van der Waals surface area contributed by atoms with Gasteiger partial charge < -0.3 is 19.5 Å². The van der Waals surface area contributed by atoms with E-state index >= 15 is 0 Å². The second-order valence-electron chi connectivity index (χ2n) is 7.69. The van der Waals surface area contributed by atoms with Crippen LogP contribution in [-0.2, 0) is 13.0 Å². The van der Waals surface area contributed by atoms with Gasteiger partial charge in [-0.2, -0.15) is 5.26 Å². The maximum atomic E-state index is 13.2. The van der Waals surface area contributed by atoms with Crippen molar-refractivity contribution in [3.05, 3.63) is 33.7 Å². The third kappa shape index (κ3) is 5.00. The van der Waals surface area contributed by atoms with Gasteiger partial charge in [-0.15, -0.1) is 11.3 Å². The van der Waals surface area contributed by atoms with Crippen LogP contribution in [0.2, 0.25) is 0 Å². The van der Waals surface area contributed by atoms with Crippen molar-refractivity contribution < 1.29 is 19.0 Å². The Hall–Kier alpha value is -2.76. The first-order chi connectivity index (χ1) is 15.4. The number of hydrogen-bond acceptors (Lipinski definition) is 7. The van der Waals surface area contributed by atoms with Crippen LogP contribution >= 0.6 is 11.3 Å². The van der Waals surface area contributed by atoms with Gasteiger partial charge in [-0.3, -0.25) is 9.69 Å². The number of thiophene rings is 1. The van der Waals surface area contributed by atoms with Gasteiger partial charge in [0.1, 0.15) is 11.1 Å². The summed E-state index contributed by atoms with van der Waals surface area (Å²) in [6.07, 6.45) is 0.814. The smallest absolute Gasteiger partial charge is 0.256 e. The predicted molar refractivity (Wildman–Crippen MR) is 126 cm³/mol. The zero-order valence-electron chi connectivity index (χ0n) is 19.4. The predicted octanol–water partition coefficient (Wildman–Crippen LogP) is 4.83. The number of nitrogens with one attached hydrogen (secondary N) is 1. The third-order valence-electron chi connectivity index (χ3n) is 5.33. The van der Waals surface area contributed by atoms with Gasteiger partial charge in [-0.25, -0.2) is 0 Å². The van der Waals surface area contributed by atoms with Crippen molar-refractivity contribution in [3.63, 3.8) is 0 Å². The third-order valence-corrected chi connectivity index (χ3v) is 6.46. The van der Waals surface area contributed by atoms with Gasteiger partial charge in [0.2, 0.25) is 5.75 Å². The van der Waals surface area contributed by atoms with Crippen molar-refractivity contribution in [1.82, 2.24) is 4.90 Å². The van der Waals surface area contributed by atoms with Crippen LogP contribution in [0.1, 0.15) is 61.0 Å². The van der Waals surface area contributed by atoms with Crippen LogP contribution in [0.3, 0.4) is 0 Å². The molecule has 1 aliphatic heterocycles. The number of benzene rings is 1. The van der Waals surface area contributed by atoms with E-state index in [2.05, 4.69) is 30.1 Å². The average Bonchev–Trinajstić information content (AvgIpc) is 3.11. The van der Waals surface area contributed by atoms with E-state index in [1.165, 1.54) is 11.3 Å². The maximum absolute atomic E-state index is 13.2. The molecule has 2 heterocycles. The Morgan fingerprint density at radius 1 is 1.16 bits per heavy atom. The van der Waals surface area contributed by atoms with Gasteiger partial charge in [0.15, 0.2) is 11.5 Å². The summed E-state index contributed by atoms with van der Waals surface area (Å²) < 4.78 is 17.2. The van der Waals surface area contributed by atoms with Gasteiger partial charge in [0.25, 0.3) is 5.91 Å². The summed E-state index contributed by atoms with van der Waals surface area (Å²) in [6.45, 7) is 13.0. The summed E-state index contributed by atoms with van der Waals surface area (Å²) >= 11 is 1.49. The van der Waals surface area contributed by atoms with Crippen molar-refractivity contribution in [1.29, 1.82) is 5.26 Å². The molecular weight excluding hydrogens is 426 g/mol. The lowest BCUT2D eigenvalue weighted by Crippen LogP contribution is -2.35. The summed E-state index contributed by atoms with van der Waals surface area (Å²) in [5.41, 5.74) is 2.02. The minimum Gasteiger partial charge on any atom is -0.490 e. The molecule has 3 rings (SSSR count). The molecule has 1 amide bonds. The highest BCUT2D eigenvalue weighted by Gasteiger charge is 2.27. The SMILES string of the molecule is CCOc1cc(C(=O)Nc2sc3c(c2C#N)CCN(C(C)C)C3)cc(OCC)c1OCC. The van der Waals surface area contributed by atoms with E-state index in [0.29, 0.717) is 59.2 Å². The Morgan fingerprint density at radius 2 is 1.78 bits per heavy atom. The molecule has 0 saturated carbocycles. The van der Waals surface area contributed by atoms with E-state index < -0.39 is 0 Å². The van der Waals surface area contributed by atoms with Gasteiger partial charge in [0, 0.05) is 29.6 Å². The lowest BCUT2D eigenvalue weighted by atomic mass is 10.0. The molecule has 7 nitrogen and oxygen atoms in total. The first-order valence-electron chi connectivity index (χ1n) is 11.1. The van der Waals surface area contributed by atoms with E-state index in [-0.39, 0.29) is 5.91 Å². The Labute approximate surface area is 193 Å². The Balaban J connectivity index is 1.93. The van der Waals surface area contributed by atoms with Crippen LogP contribution in [0.25, 0.3) is 0 Å². The molecule has 0 radical (unpaired) electrons. The second kappa shape index (κ2) is 10.7. The number of rotatable bonds is 9. The number of carbonyl (C=O) groups is 1. The second-order valence-corrected chi connectivity index (χ2v) is 8.79. The van der Waals surface area contributed by atoms with E-state index in [4.69, 9.17) is 14.2 Å². The van der Waals surface area contributed by atoms with Crippen LogP contribution in [-0.4, -0.2) is 43.2 Å². The highest BCUT2D eigenvalue weighted by atomic mass is 32.1. The van der Waals surface area contributed by atoms with Crippen molar-refractivity contribution in [2.45, 2.75) is 53.6 Å². The van der Waals surface area contributed by atoms with E-state index in [1.807, 2.05) is 20.8 Å². The number of anilines is 1. The number of nitrogens with zero attached hydrogens (tertiary/aromatic N) is 2. The highest BCUT2D eigenvalue weighted by Crippen LogP contribution is 2.40. The summed E-state index contributed by atoms with van der Waals surface area (Å²) in [5, 5.41) is 13.3. The summed E-state index contributed by atoms with van der Waals surface area (Å²) in [6, 6.07) is 6.06. The Morgan fingerprint density at radius 3 is 2.31 bits per heavy atom. The number of amides is 1. The van der Waals surface area contributed by atoms with Crippen LogP contribution in [0.5, 0.6) is 17.2 Å². The molecule has 1 aliphatic rings. The number of carbonyl (C=O) groups excluding carboxylic acids is 1. The fourth-order valence-corrected chi connectivity index (χ4v) is 4.98. The topological polar surface area (TPSA) is 83.8 Å². The van der Waals surface area contributed by atoms with Gasteiger partial charge in [0.05, 0.1) is 25.4 Å². The van der Waals surface area contributed by atoms with Gasteiger partial charge >= 0.3 is 0 Å². The number of hydrogen-bond donors (Lipinski definition) is 1. The van der Waals surface area contributed by atoms with Crippen LogP contribution in [0.15, 0.2) is 12.1 Å². The Bertz CT molecular complexity index is 982. The number of ether oxygens (including phenoxy) is 3. The molecule has 0 saturated heterocycles. The van der Waals surface area contributed by atoms with Crippen molar-refractivity contribution in [2.24, 2.45) is 0 Å². The molecule has 0 bridgehead atoms. The summed E-state index contributed by atoms with van der Waals surface area (Å²) in [4.78, 5) is 16.7. The van der Waals surface area contributed by atoms with Gasteiger partial charge in [-0.1, -0.05) is 0 Å². The fraction of sp³-hybridized carbons (Fsp3) is 0.500. The normalized spacial score (nSPS) is 13.4. The minimum atomic E-state index is -0.314. The molecule has 1 aromatic heterocycles. The molecule has 0 unspecified atom stereocenters. The van der Waals surface area contributed by atoms with Crippen LogP contribution in [0, 0.1) is 11.3 Å². The lowest BCUT2D eigenvalue weighted by molar-refractivity contribution is 0.102. The first kappa shape index (κ1) is 23.9. The van der Waals surface area contributed by atoms with Crippen molar-refractivity contribution in [3.8, 4) is 23.3 Å². The van der Waals surface area contributed by atoms with Crippen molar-refractivity contribution >= 4 is 22.2 Å². The lowest BCUT2D eigenvalue weighted by Gasteiger charge is -2.30. The molecule has 8 heteroatoms. The molecule has 1 aromatic carbocycles. The van der Waals surface area contributed by atoms with E-state index in [1.54, 1.807) is 12.1 Å².